The van der Waals surface area contributed by atoms with E-state index in [1.165, 1.54) is 15.9 Å². The smallest absolute Gasteiger partial charge is 0.338 e. The standard InChI is InChI=1S/C28H27N3O4S/c1-6-30-20-10-8-7-9-19(20)22(25(30)32)24-26(33)31-23(18-13-11-16(4)12-14-18)21(27(34)35-15(2)3)17(5)29-28(31)36-24/h7-15,23H,6H2,1-5H3. The van der Waals surface area contributed by atoms with Gasteiger partial charge in [-0.25, -0.2) is 9.79 Å². The molecule has 0 N–H and O–H groups in total. The van der Waals surface area contributed by atoms with Crippen LogP contribution >= 0.6 is 11.3 Å². The number of anilines is 1. The molecule has 2 aliphatic heterocycles. The van der Waals surface area contributed by atoms with Gasteiger partial charge >= 0.3 is 5.97 Å². The summed E-state index contributed by atoms with van der Waals surface area (Å²) in [5.41, 5.74) is 4.22. The molecule has 184 valence electrons. The van der Waals surface area contributed by atoms with Crippen LogP contribution in [0, 0.1) is 6.92 Å². The molecule has 0 radical (unpaired) electrons. The molecule has 2 aliphatic rings. The van der Waals surface area contributed by atoms with Gasteiger partial charge < -0.3 is 9.64 Å². The molecule has 2 aromatic carbocycles. The molecule has 5 rings (SSSR count). The van der Waals surface area contributed by atoms with Gasteiger partial charge in [-0.2, -0.15) is 0 Å². The highest BCUT2D eigenvalue weighted by Crippen LogP contribution is 2.35. The van der Waals surface area contributed by atoms with Gasteiger partial charge in [0.05, 0.1) is 34.7 Å². The first-order valence-corrected chi connectivity index (χ1v) is 12.8. The number of nitrogens with zero attached hydrogens (tertiary/aromatic N) is 3. The zero-order chi connectivity index (χ0) is 25.7. The van der Waals surface area contributed by atoms with Gasteiger partial charge in [0.1, 0.15) is 4.53 Å². The molecule has 0 spiro atoms. The van der Waals surface area contributed by atoms with E-state index in [4.69, 9.17) is 4.74 Å². The minimum Gasteiger partial charge on any atom is -0.459 e. The monoisotopic (exact) mass is 501 g/mol. The number of allylic oxidation sites excluding steroid dienone is 1. The lowest BCUT2D eigenvalue weighted by atomic mass is 9.95. The van der Waals surface area contributed by atoms with E-state index in [1.807, 2.05) is 62.4 Å². The third-order valence-electron chi connectivity index (χ3n) is 6.42. The highest BCUT2D eigenvalue weighted by molar-refractivity contribution is 7.07. The molecular formula is C28H27N3O4S. The van der Waals surface area contributed by atoms with Crippen molar-refractivity contribution in [3.8, 4) is 0 Å². The molecule has 3 heterocycles. The summed E-state index contributed by atoms with van der Waals surface area (Å²) in [6.45, 7) is 9.71. The third kappa shape index (κ3) is 3.73. The van der Waals surface area contributed by atoms with Gasteiger partial charge in [0, 0.05) is 12.1 Å². The Kier molecular flexibility index (Phi) is 6.00. The highest BCUT2D eigenvalue weighted by atomic mass is 32.1. The van der Waals surface area contributed by atoms with Gasteiger partial charge in [-0.15, -0.1) is 0 Å². The summed E-state index contributed by atoms with van der Waals surface area (Å²) in [6, 6.07) is 14.5. The molecule has 0 bridgehead atoms. The van der Waals surface area contributed by atoms with E-state index in [9.17, 15) is 14.4 Å². The largest absolute Gasteiger partial charge is 0.459 e. The number of hydrogen-bond acceptors (Lipinski definition) is 6. The summed E-state index contributed by atoms with van der Waals surface area (Å²) >= 11 is 1.19. The van der Waals surface area contributed by atoms with Crippen molar-refractivity contribution in [2.75, 3.05) is 11.4 Å². The quantitative estimate of drug-likeness (QED) is 0.514. The second-order valence-corrected chi connectivity index (χ2v) is 10.2. The number of amides is 1. The van der Waals surface area contributed by atoms with Crippen LogP contribution < -0.4 is 19.8 Å². The highest BCUT2D eigenvalue weighted by Gasteiger charge is 2.37. The minimum absolute atomic E-state index is 0.203. The van der Waals surface area contributed by atoms with Crippen LogP contribution in [0.5, 0.6) is 0 Å². The molecule has 1 unspecified atom stereocenters. The number of ether oxygens (including phenoxy) is 1. The molecule has 3 aromatic rings. The van der Waals surface area contributed by atoms with Crippen molar-refractivity contribution < 1.29 is 14.3 Å². The Morgan fingerprint density at radius 3 is 2.44 bits per heavy atom. The summed E-state index contributed by atoms with van der Waals surface area (Å²) in [5, 5.41) is 0. The number of aryl methyl sites for hydroxylation is 1. The minimum atomic E-state index is -0.712. The second kappa shape index (κ2) is 9.02. The number of rotatable bonds is 4. The van der Waals surface area contributed by atoms with Crippen LogP contribution in [0.4, 0.5) is 5.69 Å². The zero-order valence-corrected chi connectivity index (χ0v) is 21.7. The molecule has 0 saturated carbocycles. The molecule has 7 nitrogen and oxygen atoms in total. The second-order valence-electron chi connectivity index (χ2n) is 9.21. The SMILES string of the molecule is CCN1C(=O)C(=c2sc3n(c2=O)C(c2ccc(C)cc2)C(C(=O)OC(C)C)=C(C)N=3)c2ccccc21. The van der Waals surface area contributed by atoms with Crippen LogP contribution in [0.15, 0.2) is 69.6 Å². The van der Waals surface area contributed by atoms with Crippen LogP contribution in [0.1, 0.15) is 50.4 Å². The van der Waals surface area contributed by atoms with Crippen molar-refractivity contribution in [1.82, 2.24) is 4.57 Å². The molecule has 8 heteroatoms. The van der Waals surface area contributed by atoms with Crippen molar-refractivity contribution in [3.63, 3.8) is 0 Å². The van der Waals surface area contributed by atoms with E-state index in [0.717, 1.165) is 22.4 Å². The van der Waals surface area contributed by atoms with Gasteiger partial charge in [-0.3, -0.25) is 14.2 Å². The summed E-state index contributed by atoms with van der Waals surface area (Å²) in [4.78, 5) is 47.5. The Balaban J connectivity index is 1.81. The lowest BCUT2D eigenvalue weighted by Crippen LogP contribution is -2.41. The van der Waals surface area contributed by atoms with E-state index in [-0.39, 0.29) is 17.6 Å². The first kappa shape index (κ1) is 23.9. The van der Waals surface area contributed by atoms with Gasteiger partial charge in [0.25, 0.3) is 11.5 Å². The Morgan fingerprint density at radius 2 is 1.78 bits per heavy atom. The summed E-state index contributed by atoms with van der Waals surface area (Å²) in [5.74, 6) is -0.708. The zero-order valence-electron chi connectivity index (χ0n) is 20.9. The molecule has 0 aliphatic carbocycles. The predicted molar refractivity (Wildman–Crippen MR) is 140 cm³/mol. The van der Waals surface area contributed by atoms with E-state index < -0.39 is 12.0 Å². The fraction of sp³-hybridized carbons (Fsp3) is 0.286. The van der Waals surface area contributed by atoms with E-state index >= 15 is 0 Å². The first-order valence-electron chi connectivity index (χ1n) is 12.0. The van der Waals surface area contributed by atoms with Crippen molar-refractivity contribution in [2.45, 2.75) is 46.8 Å². The molecule has 0 fully saturated rings. The fourth-order valence-electron chi connectivity index (χ4n) is 4.79. The van der Waals surface area contributed by atoms with Crippen LogP contribution in [0.25, 0.3) is 5.57 Å². The maximum absolute atomic E-state index is 14.0. The number of likely N-dealkylation sites (N-methyl/N-ethyl adjacent to an activating group) is 1. The van der Waals surface area contributed by atoms with Crippen molar-refractivity contribution in [3.05, 3.63) is 96.2 Å². The van der Waals surface area contributed by atoms with Gasteiger partial charge in [-0.05, 0) is 46.2 Å². The first-order chi connectivity index (χ1) is 17.2. The maximum atomic E-state index is 14.0. The van der Waals surface area contributed by atoms with E-state index in [0.29, 0.717) is 32.7 Å². The number of carbonyl (C=O) groups is 2. The predicted octanol–water partition coefficient (Wildman–Crippen LogP) is 3.23. The molecule has 1 amide bonds. The van der Waals surface area contributed by atoms with Crippen LogP contribution in [-0.4, -0.2) is 29.1 Å². The van der Waals surface area contributed by atoms with Gasteiger partial charge in [0.2, 0.25) is 0 Å². The average Bonchev–Trinajstić information content (AvgIpc) is 3.30. The lowest BCUT2D eigenvalue weighted by molar-refractivity contribution is -0.143. The number of carbonyl (C=O) groups excluding carboxylic acids is 2. The molecule has 1 atom stereocenters. The Labute approximate surface area is 212 Å². The fourth-order valence-corrected chi connectivity index (χ4v) is 5.92. The number of fused-ring (bicyclic) bond motifs is 2. The number of para-hydroxylation sites is 1. The Hall–Kier alpha value is -3.78. The average molecular weight is 502 g/mol. The number of thiazole rings is 1. The van der Waals surface area contributed by atoms with E-state index in [2.05, 4.69) is 4.99 Å². The number of esters is 1. The maximum Gasteiger partial charge on any atom is 0.338 e. The van der Waals surface area contributed by atoms with Gasteiger partial charge in [0.15, 0.2) is 4.80 Å². The summed E-state index contributed by atoms with van der Waals surface area (Å²) in [7, 11) is 0. The van der Waals surface area contributed by atoms with Crippen LogP contribution in [0.2, 0.25) is 0 Å². The van der Waals surface area contributed by atoms with Crippen LogP contribution in [0.3, 0.4) is 0 Å². The normalized spacial score (nSPS) is 18.3. The molecule has 36 heavy (non-hydrogen) atoms. The van der Waals surface area contributed by atoms with Crippen molar-refractivity contribution in [1.29, 1.82) is 0 Å². The van der Waals surface area contributed by atoms with E-state index in [1.54, 1.807) is 25.7 Å². The van der Waals surface area contributed by atoms with Crippen molar-refractivity contribution in [2.24, 2.45) is 4.99 Å². The lowest BCUT2D eigenvalue weighted by Gasteiger charge is -2.25. The van der Waals surface area contributed by atoms with Gasteiger partial charge in [-0.1, -0.05) is 59.4 Å². The van der Waals surface area contributed by atoms with Crippen LogP contribution in [-0.2, 0) is 14.3 Å². The summed E-state index contributed by atoms with van der Waals surface area (Å²) in [6.07, 6.45) is -0.323. The number of hydrogen-bond donors (Lipinski definition) is 0. The Bertz CT molecular complexity index is 1610. The third-order valence-corrected chi connectivity index (χ3v) is 7.47. The Morgan fingerprint density at radius 1 is 1.08 bits per heavy atom. The molecule has 1 aromatic heterocycles. The number of aromatic nitrogens is 1. The van der Waals surface area contributed by atoms with Crippen molar-refractivity contribution >= 4 is 34.5 Å². The summed E-state index contributed by atoms with van der Waals surface area (Å²) < 4.78 is 7.41. The topological polar surface area (TPSA) is 81.0 Å². The molecule has 0 saturated heterocycles. The molecular weight excluding hydrogens is 474 g/mol. The number of benzene rings is 2.